The van der Waals surface area contributed by atoms with E-state index in [0.29, 0.717) is 11.5 Å². The van der Waals surface area contributed by atoms with Crippen molar-refractivity contribution >= 4 is 9.84 Å². The van der Waals surface area contributed by atoms with E-state index in [-0.39, 0.29) is 11.5 Å². The van der Waals surface area contributed by atoms with E-state index in [9.17, 15) is 8.42 Å². The van der Waals surface area contributed by atoms with Crippen LogP contribution < -0.4 is 5.32 Å². The highest BCUT2D eigenvalue weighted by atomic mass is 32.2. The molecule has 0 saturated carbocycles. The van der Waals surface area contributed by atoms with Crippen LogP contribution in [0.3, 0.4) is 0 Å². The molecule has 0 aliphatic carbocycles. The van der Waals surface area contributed by atoms with Crippen molar-refractivity contribution in [3.05, 3.63) is 0 Å². The standard InChI is InChI=1S/C10H21NO2S/c1-10(2,3)8-11-9-5-4-6-14(12,13)7-9/h9,11H,4-8H2,1-3H3. The summed E-state index contributed by atoms with van der Waals surface area (Å²) in [6.45, 7) is 7.33. The molecule has 0 aromatic rings. The summed E-state index contributed by atoms with van der Waals surface area (Å²) in [6, 6.07) is 0.174. The molecule has 0 bridgehead atoms. The SMILES string of the molecule is CC(C)(C)CNC1CCCS(=O)(=O)C1. The Morgan fingerprint density at radius 1 is 1.36 bits per heavy atom. The van der Waals surface area contributed by atoms with Crippen LogP contribution in [-0.2, 0) is 9.84 Å². The highest BCUT2D eigenvalue weighted by Gasteiger charge is 2.25. The normalized spacial score (nSPS) is 27.5. The Hall–Kier alpha value is -0.0900. The van der Waals surface area contributed by atoms with E-state index in [0.717, 1.165) is 19.4 Å². The van der Waals surface area contributed by atoms with Crippen LogP contribution in [0.2, 0.25) is 0 Å². The molecule has 1 N–H and O–H groups in total. The molecule has 1 aliphatic heterocycles. The van der Waals surface area contributed by atoms with Crippen LogP contribution in [0.1, 0.15) is 33.6 Å². The van der Waals surface area contributed by atoms with Crippen LogP contribution in [0.4, 0.5) is 0 Å². The maximum atomic E-state index is 11.3. The van der Waals surface area contributed by atoms with E-state index < -0.39 is 9.84 Å². The topological polar surface area (TPSA) is 46.2 Å². The second kappa shape index (κ2) is 4.19. The van der Waals surface area contributed by atoms with Crippen molar-refractivity contribution < 1.29 is 8.42 Å². The number of hydrogen-bond acceptors (Lipinski definition) is 3. The van der Waals surface area contributed by atoms with Crippen molar-refractivity contribution in [2.24, 2.45) is 5.41 Å². The largest absolute Gasteiger partial charge is 0.312 e. The first-order valence-corrected chi connectivity index (χ1v) is 7.04. The molecule has 1 atom stereocenters. The van der Waals surface area contributed by atoms with Gasteiger partial charge in [0.2, 0.25) is 0 Å². The Balaban J connectivity index is 2.39. The molecule has 0 amide bonds. The van der Waals surface area contributed by atoms with Gasteiger partial charge in [0.1, 0.15) is 0 Å². The third-order valence-electron chi connectivity index (χ3n) is 2.38. The molecule has 3 nitrogen and oxygen atoms in total. The monoisotopic (exact) mass is 219 g/mol. The molecule has 1 heterocycles. The highest BCUT2D eigenvalue weighted by Crippen LogP contribution is 2.15. The Morgan fingerprint density at radius 2 is 2.00 bits per heavy atom. The van der Waals surface area contributed by atoms with Gasteiger partial charge in [-0.1, -0.05) is 20.8 Å². The van der Waals surface area contributed by atoms with Gasteiger partial charge in [0.05, 0.1) is 11.5 Å². The molecule has 1 saturated heterocycles. The fourth-order valence-corrected chi connectivity index (χ4v) is 3.31. The van der Waals surface area contributed by atoms with Crippen LogP contribution in [-0.4, -0.2) is 32.5 Å². The first-order chi connectivity index (χ1) is 6.29. The molecule has 1 fully saturated rings. The van der Waals surface area contributed by atoms with E-state index in [1.54, 1.807) is 0 Å². The minimum atomic E-state index is -2.76. The number of nitrogens with one attached hydrogen (secondary N) is 1. The van der Waals surface area contributed by atoms with Crippen molar-refractivity contribution in [1.82, 2.24) is 5.32 Å². The third-order valence-corrected chi connectivity index (χ3v) is 4.21. The van der Waals surface area contributed by atoms with Gasteiger partial charge in [-0.05, 0) is 18.3 Å². The molecular weight excluding hydrogens is 198 g/mol. The molecular formula is C10H21NO2S. The van der Waals surface area contributed by atoms with Gasteiger partial charge in [0, 0.05) is 12.6 Å². The van der Waals surface area contributed by atoms with E-state index in [1.807, 2.05) is 0 Å². The molecule has 0 aromatic heterocycles. The molecule has 1 rings (SSSR count). The van der Waals surface area contributed by atoms with E-state index >= 15 is 0 Å². The van der Waals surface area contributed by atoms with Gasteiger partial charge < -0.3 is 5.32 Å². The average molecular weight is 219 g/mol. The zero-order valence-corrected chi connectivity index (χ0v) is 10.2. The quantitative estimate of drug-likeness (QED) is 0.759. The number of rotatable bonds is 2. The van der Waals surface area contributed by atoms with E-state index in [1.165, 1.54) is 0 Å². The molecule has 84 valence electrons. The van der Waals surface area contributed by atoms with Gasteiger partial charge in [-0.25, -0.2) is 8.42 Å². The summed E-state index contributed by atoms with van der Waals surface area (Å²) >= 11 is 0. The summed E-state index contributed by atoms with van der Waals surface area (Å²) in [5.41, 5.74) is 0.223. The first-order valence-electron chi connectivity index (χ1n) is 5.22. The number of hydrogen-bond donors (Lipinski definition) is 1. The second-order valence-corrected chi connectivity index (χ2v) is 7.62. The van der Waals surface area contributed by atoms with Crippen LogP contribution >= 0.6 is 0 Å². The van der Waals surface area contributed by atoms with Gasteiger partial charge in [0.25, 0.3) is 0 Å². The summed E-state index contributed by atoms with van der Waals surface area (Å²) in [5, 5.41) is 3.34. The second-order valence-electron chi connectivity index (χ2n) is 5.40. The molecule has 14 heavy (non-hydrogen) atoms. The lowest BCUT2D eigenvalue weighted by Gasteiger charge is -2.27. The first kappa shape index (κ1) is 12.0. The van der Waals surface area contributed by atoms with Gasteiger partial charge >= 0.3 is 0 Å². The van der Waals surface area contributed by atoms with Gasteiger partial charge in [-0.2, -0.15) is 0 Å². The van der Waals surface area contributed by atoms with E-state index in [2.05, 4.69) is 26.1 Å². The maximum absolute atomic E-state index is 11.3. The van der Waals surface area contributed by atoms with Crippen LogP contribution in [0.25, 0.3) is 0 Å². The third kappa shape index (κ3) is 4.42. The molecule has 0 spiro atoms. The van der Waals surface area contributed by atoms with Gasteiger partial charge in [-0.3, -0.25) is 0 Å². The summed E-state index contributed by atoms with van der Waals surface area (Å²) in [7, 11) is -2.76. The highest BCUT2D eigenvalue weighted by molar-refractivity contribution is 7.91. The van der Waals surface area contributed by atoms with Crippen LogP contribution in [0.15, 0.2) is 0 Å². The van der Waals surface area contributed by atoms with Crippen LogP contribution in [0.5, 0.6) is 0 Å². The Morgan fingerprint density at radius 3 is 2.50 bits per heavy atom. The number of sulfone groups is 1. The van der Waals surface area contributed by atoms with Crippen molar-refractivity contribution in [1.29, 1.82) is 0 Å². The smallest absolute Gasteiger partial charge is 0.151 e. The molecule has 1 aliphatic rings. The minimum absolute atomic E-state index is 0.174. The Bertz CT molecular complexity index is 277. The molecule has 0 radical (unpaired) electrons. The zero-order valence-electron chi connectivity index (χ0n) is 9.34. The van der Waals surface area contributed by atoms with E-state index in [4.69, 9.17) is 0 Å². The van der Waals surface area contributed by atoms with Crippen molar-refractivity contribution in [2.75, 3.05) is 18.1 Å². The summed E-state index contributed by atoms with van der Waals surface area (Å²) in [6.07, 6.45) is 1.81. The van der Waals surface area contributed by atoms with Crippen molar-refractivity contribution in [3.63, 3.8) is 0 Å². The minimum Gasteiger partial charge on any atom is -0.312 e. The lowest BCUT2D eigenvalue weighted by atomic mass is 9.96. The fourth-order valence-electron chi connectivity index (χ4n) is 1.63. The summed E-state index contributed by atoms with van der Waals surface area (Å²) in [5.74, 6) is 0.698. The van der Waals surface area contributed by atoms with Crippen molar-refractivity contribution in [3.8, 4) is 0 Å². The molecule has 1 unspecified atom stereocenters. The zero-order chi connectivity index (χ0) is 10.8. The summed E-state index contributed by atoms with van der Waals surface area (Å²) < 4.78 is 22.7. The van der Waals surface area contributed by atoms with Crippen molar-refractivity contribution in [2.45, 2.75) is 39.7 Å². The molecule has 0 aromatic carbocycles. The van der Waals surface area contributed by atoms with Gasteiger partial charge in [-0.15, -0.1) is 0 Å². The molecule has 4 heteroatoms. The Kier molecular flexibility index (Phi) is 3.58. The fraction of sp³-hybridized carbons (Fsp3) is 1.00. The lowest BCUT2D eigenvalue weighted by Crippen LogP contribution is -2.43. The van der Waals surface area contributed by atoms with Gasteiger partial charge in [0.15, 0.2) is 9.84 Å². The predicted octanol–water partition coefficient (Wildman–Crippen LogP) is 1.20. The lowest BCUT2D eigenvalue weighted by molar-refractivity contribution is 0.347. The summed E-state index contributed by atoms with van der Waals surface area (Å²) in [4.78, 5) is 0. The Labute approximate surface area is 87.2 Å². The average Bonchev–Trinajstić information content (AvgIpc) is 1.98. The van der Waals surface area contributed by atoms with Crippen LogP contribution in [0, 0.1) is 5.41 Å². The maximum Gasteiger partial charge on any atom is 0.151 e. The predicted molar refractivity (Wildman–Crippen MR) is 59.1 cm³/mol.